The summed E-state index contributed by atoms with van der Waals surface area (Å²) in [6, 6.07) is 2.61. The van der Waals surface area contributed by atoms with Gasteiger partial charge in [-0.05, 0) is 61.4 Å². The molecular weight excluding hydrogens is 272 g/mol. The van der Waals surface area contributed by atoms with Crippen LogP contribution in [0.4, 0.5) is 8.78 Å². The first kappa shape index (κ1) is 18.1. The second-order valence-corrected chi connectivity index (χ2v) is 6.35. The van der Waals surface area contributed by atoms with E-state index in [1.54, 1.807) is 14.0 Å². The van der Waals surface area contributed by atoms with E-state index in [1.807, 2.05) is 0 Å². The molecule has 0 heterocycles. The third kappa shape index (κ3) is 6.53. The van der Waals surface area contributed by atoms with Crippen LogP contribution in [0.5, 0.6) is 0 Å². The molecule has 0 aliphatic rings. The van der Waals surface area contributed by atoms with Gasteiger partial charge in [0.2, 0.25) is 0 Å². The van der Waals surface area contributed by atoms with E-state index in [4.69, 9.17) is 4.74 Å². The van der Waals surface area contributed by atoms with Crippen LogP contribution < -0.4 is 5.32 Å². The van der Waals surface area contributed by atoms with Crippen molar-refractivity contribution in [2.45, 2.75) is 40.0 Å². The highest BCUT2D eigenvalue weighted by atomic mass is 19.1. The van der Waals surface area contributed by atoms with E-state index in [1.165, 1.54) is 12.1 Å². The van der Waals surface area contributed by atoms with Gasteiger partial charge in [-0.15, -0.1) is 0 Å². The van der Waals surface area contributed by atoms with Crippen molar-refractivity contribution in [2.75, 3.05) is 26.8 Å². The van der Waals surface area contributed by atoms with Crippen molar-refractivity contribution in [2.24, 2.45) is 5.41 Å². The Morgan fingerprint density at radius 2 is 1.81 bits per heavy atom. The fourth-order valence-corrected chi connectivity index (χ4v) is 2.20. The number of rotatable bonds is 9. The number of halogens is 2. The van der Waals surface area contributed by atoms with Gasteiger partial charge in [0.25, 0.3) is 0 Å². The summed E-state index contributed by atoms with van der Waals surface area (Å²) >= 11 is 0. The van der Waals surface area contributed by atoms with E-state index in [0.717, 1.165) is 25.9 Å². The lowest BCUT2D eigenvalue weighted by Crippen LogP contribution is -2.25. The predicted octanol–water partition coefficient (Wildman–Crippen LogP) is 3.86. The summed E-state index contributed by atoms with van der Waals surface area (Å²) in [7, 11) is 1.68. The SMILES string of the molecule is COCCNCCC(C)(C)CCc1cc(F)c(C)cc1F. The minimum atomic E-state index is -0.328. The number of hydrogen-bond acceptors (Lipinski definition) is 2. The summed E-state index contributed by atoms with van der Waals surface area (Å²) in [6.07, 6.45) is 2.39. The van der Waals surface area contributed by atoms with Gasteiger partial charge in [-0.25, -0.2) is 8.78 Å². The highest BCUT2D eigenvalue weighted by molar-refractivity contribution is 5.25. The zero-order valence-electron chi connectivity index (χ0n) is 13.6. The average Bonchev–Trinajstić information content (AvgIpc) is 2.41. The van der Waals surface area contributed by atoms with Crippen molar-refractivity contribution in [1.29, 1.82) is 0 Å². The Hall–Kier alpha value is -1.00. The molecule has 1 aromatic carbocycles. The lowest BCUT2D eigenvalue weighted by atomic mass is 9.83. The lowest BCUT2D eigenvalue weighted by molar-refractivity contribution is 0.196. The van der Waals surface area contributed by atoms with Crippen molar-refractivity contribution < 1.29 is 13.5 Å². The van der Waals surface area contributed by atoms with Gasteiger partial charge < -0.3 is 10.1 Å². The van der Waals surface area contributed by atoms with Crippen LogP contribution in [-0.4, -0.2) is 26.8 Å². The van der Waals surface area contributed by atoms with Crippen LogP contribution >= 0.6 is 0 Å². The van der Waals surface area contributed by atoms with Gasteiger partial charge in [-0.1, -0.05) is 13.8 Å². The topological polar surface area (TPSA) is 21.3 Å². The van der Waals surface area contributed by atoms with Gasteiger partial charge in [0.1, 0.15) is 11.6 Å². The minimum absolute atomic E-state index is 0.0911. The largest absolute Gasteiger partial charge is 0.383 e. The van der Waals surface area contributed by atoms with Gasteiger partial charge in [0, 0.05) is 13.7 Å². The van der Waals surface area contributed by atoms with Gasteiger partial charge >= 0.3 is 0 Å². The van der Waals surface area contributed by atoms with E-state index in [9.17, 15) is 8.78 Å². The van der Waals surface area contributed by atoms with Gasteiger partial charge in [0.05, 0.1) is 6.61 Å². The Balaban J connectivity index is 2.44. The van der Waals surface area contributed by atoms with Crippen LogP contribution in [0.25, 0.3) is 0 Å². The molecular formula is C17H27F2NO. The zero-order chi connectivity index (χ0) is 15.9. The van der Waals surface area contributed by atoms with Crippen LogP contribution in [0.15, 0.2) is 12.1 Å². The molecule has 1 aromatic rings. The summed E-state index contributed by atoms with van der Waals surface area (Å²) < 4.78 is 32.3. The molecule has 2 nitrogen and oxygen atoms in total. The molecule has 0 spiro atoms. The highest BCUT2D eigenvalue weighted by Gasteiger charge is 2.18. The maximum atomic E-state index is 13.8. The van der Waals surface area contributed by atoms with Crippen molar-refractivity contribution in [3.8, 4) is 0 Å². The van der Waals surface area contributed by atoms with Gasteiger partial charge in [-0.3, -0.25) is 0 Å². The lowest BCUT2D eigenvalue weighted by Gasteiger charge is -2.25. The standard InChI is InChI=1S/C17H27F2NO/c1-13-11-16(19)14(12-15(13)18)5-6-17(2,3)7-8-20-9-10-21-4/h11-12,20H,5-10H2,1-4H3. The van der Waals surface area contributed by atoms with Crippen molar-refractivity contribution >= 4 is 0 Å². The smallest absolute Gasteiger partial charge is 0.126 e. The minimum Gasteiger partial charge on any atom is -0.383 e. The van der Waals surface area contributed by atoms with Crippen LogP contribution in [0, 0.1) is 24.0 Å². The molecule has 0 saturated heterocycles. The van der Waals surface area contributed by atoms with E-state index >= 15 is 0 Å². The fraction of sp³-hybridized carbons (Fsp3) is 0.647. The highest BCUT2D eigenvalue weighted by Crippen LogP contribution is 2.27. The van der Waals surface area contributed by atoms with E-state index in [-0.39, 0.29) is 17.0 Å². The Morgan fingerprint density at radius 1 is 1.10 bits per heavy atom. The molecule has 0 radical (unpaired) electrons. The summed E-state index contributed by atoms with van der Waals surface area (Å²) in [5.41, 5.74) is 0.921. The van der Waals surface area contributed by atoms with E-state index in [0.29, 0.717) is 24.2 Å². The molecule has 0 atom stereocenters. The molecule has 1 N–H and O–H groups in total. The maximum Gasteiger partial charge on any atom is 0.126 e. The Kier molecular flexibility index (Phi) is 7.26. The molecule has 0 aromatic heterocycles. The zero-order valence-corrected chi connectivity index (χ0v) is 13.6. The molecule has 120 valence electrons. The Labute approximate surface area is 126 Å². The first-order valence-corrected chi connectivity index (χ1v) is 7.50. The Bertz CT molecular complexity index is 447. The monoisotopic (exact) mass is 299 g/mol. The van der Waals surface area contributed by atoms with Crippen LogP contribution in [0.1, 0.15) is 37.8 Å². The average molecular weight is 299 g/mol. The second kappa shape index (κ2) is 8.44. The first-order valence-electron chi connectivity index (χ1n) is 7.50. The quantitative estimate of drug-likeness (QED) is 0.699. The summed E-state index contributed by atoms with van der Waals surface area (Å²) in [6.45, 7) is 8.35. The van der Waals surface area contributed by atoms with Crippen molar-refractivity contribution in [1.82, 2.24) is 5.32 Å². The molecule has 0 aliphatic carbocycles. The third-order valence-electron chi connectivity index (χ3n) is 3.86. The number of benzene rings is 1. The van der Waals surface area contributed by atoms with Crippen molar-refractivity contribution in [3.05, 3.63) is 34.9 Å². The molecule has 0 bridgehead atoms. The normalized spacial score (nSPS) is 11.9. The predicted molar refractivity (Wildman–Crippen MR) is 82.6 cm³/mol. The first-order chi connectivity index (χ1) is 9.85. The number of aryl methyl sites for hydroxylation is 2. The molecule has 1 rings (SSSR count). The van der Waals surface area contributed by atoms with E-state index in [2.05, 4.69) is 19.2 Å². The number of ether oxygens (including phenoxy) is 1. The second-order valence-electron chi connectivity index (χ2n) is 6.35. The van der Waals surface area contributed by atoms with Gasteiger partial charge in [0.15, 0.2) is 0 Å². The molecule has 0 unspecified atom stereocenters. The third-order valence-corrected chi connectivity index (χ3v) is 3.86. The molecule has 0 aliphatic heterocycles. The number of methoxy groups -OCH3 is 1. The molecule has 0 amide bonds. The number of hydrogen-bond donors (Lipinski definition) is 1. The summed E-state index contributed by atoms with van der Waals surface area (Å²) in [5, 5.41) is 3.31. The van der Waals surface area contributed by atoms with Crippen LogP contribution in [0.3, 0.4) is 0 Å². The molecule has 0 saturated carbocycles. The molecule has 4 heteroatoms. The number of nitrogens with one attached hydrogen (secondary N) is 1. The van der Waals surface area contributed by atoms with Crippen LogP contribution in [-0.2, 0) is 11.2 Å². The van der Waals surface area contributed by atoms with Gasteiger partial charge in [-0.2, -0.15) is 0 Å². The van der Waals surface area contributed by atoms with E-state index < -0.39 is 0 Å². The Morgan fingerprint density at radius 3 is 2.48 bits per heavy atom. The molecule has 0 fully saturated rings. The fourth-order valence-electron chi connectivity index (χ4n) is 2.20. The summed E-state index contributed by atoms with van der Waals surface area (Å²) in [5.74, 6) is -0.631. The van der Waals surface area contributed by atoms with Crippen LogP contribution in [0.2, 0.25) is 0 Å². The van der Waals surface area contributed by atoms with Crippen molar-refractivity contribution in [3.63, 3.8) is 0 Å². The maximum absolute atomic E-state index is 13.8. The molecule has 21 heavy (non-hydrogen) atoms. The summed E-state index contributed by atoms with van der Waals surface area (Å²) in [4.78, 5) is 0.